The first-order valence-electron chi connectivity index (χ1n) is 6.79. The van der Waals surface area contributed by atoms with Gasteiger partial charge in [-0.2, -0.15) is 5.10 Å². The maximum atomic E-state index is 6.34. The molecule has 1 aromatic rings. The van der Waals surface area contributed by atoms with Crippen molar-refractivity contribution in [1.82, 2.24) is 14.8 Å². The monoisotopic (exact) mass is 234 g/mol. The SMILES string of the molecule is CC(C)n1ncnc1CC(N)C1CC2CC2C1. The summed E-state index contributed by atoms with van der Waals surface area (Å²) < 4.78 is 2.00. The largest absolute Gasteiger partial charge is 0.327 e. The summed E-state index contributed by atoms with van der Waals surface area (Å²) in [5, 5.41) is 4.27. The van der Waals surface area contributed by atoms with E-state index in [0.717, 1.165) is 30.0 Å². The van der Waals surface area contributed by atoms with Gasteiger partial charge in [-0.25, -0.2) is 9.67 Å². The molecule has 4 heteroatoms. The van der Waals surface area contributed by atoms with Gasteiger partial charge in [0.25, 0.3) is 0 Å². The average Bonchev–Trinajstić information content (AvgIpc) is 2.75. The Bertz CT molecular complexity index is 388. The Labute approximate surface area is 103 Å². The van der Waals surface area contributed by atoms with Crippen LogP contribution in [0.15, 0.2) is 6.33 Å². The Kier molecular flexibility index (Phi) is 2.69. The third kappa shape index (κ3) is 2.10. The Morgan fingerprint density at radius 3 is 2.71 bits per heavy atom. The molecule has 2 aliphatic carbocycles. The van der Waals surface area contributed by atoms with Crippen LogP contribution in [0.1, 0.15) is 45.0 Å². The van der Waals surface area contributed by atoms with E-state index >= 15 is 0 Å². The summed E-state index contributed by atoms with van der Waals surface area (Å²) in [5.74, 6) is 3.78. The second-order valence-corrected chi connectivity index (χ2v) is 6.07. The summed E-state index contributed by atoms with van der Waals surface area (Å²) in [7, 11) is 0. The first-order chi connectivity index (χ1) is 8.15. The Morgan fingerprint density at radius 1 is 1.35 bits per heavy atom. The van der Waals surface area contributed by atoms with E-state index in [1.165, 1.54) is 19.3 Å². The molecule has 0 aliphatic heterocycles. The van der Waals surface area contributed by atoms with Crippen LogP contribution in [0.25, 0.3) is 0 Å². The molecule has 2 aliphatic rings. The summed E-state index contributed by atoms with van der Waals surface area (Å²) in [6, 6.07) is 0.640. The van der Waals surface area contributed by atoms with Crippen molar-refractivity contribution in [2.75, 3.05) is 0 Å². The molecule has 17 heavy (non-hydrogen) atoms. The second-order valence-electron chi connectivity index (χ2n) is 6.07. The smallest absolute Gasteiger partial charge is 0.138 e. The van der Waals surface area contributed by atoms with Crippen LogP contribution in [-0.4, -0.2) is 20.8 Å². The number of nitrogens with two attached hydrogens (primary N) is 1. The van der Waals surface area contributed by atoms with Crippen molar-refractivity contribution in [3.63, 3.8) is 0 Å². The fraction of sp³-hybridized carbons (Fsp3) is 0.846. The Hall–Kier alpha value is -0.900. The van der Waals surface area contributed by atoms with Crippen molar-refractivity contribution >= 4 is 0 Å². The van der Waals surface area contributed by atoms with Gasteiger partial charge in [0.2, 0.25) is 0 Å². The Morgan fingerprint density at radius 2 is 2.06 bits per heavy atom. The van der Waals surface area contributed by atoms with Gasteiger partial charge in [0.1, 0.15) is 12.2 Å². The summed E-state index contributed by atoms with van der Waals surface area (Å²) in [6.45, 7) is 4.27. The van der Waals surface area contributed by atoms with Gasteiger partial charge in [-0.05, 0) is 50.9 Å². The predicted octanol–water partition coefficient (Wildman–Crippen LogP) is 1.77. The molecule has 0 bridgehead atoms. The number of rotatable bonds is 4. The molecule has 0 aromatic carbocycles. The number of nitrogens with zero attached hydrogens (tertiary/aromatic N) is 3. The lowest BCUT2D eigenvalue weighted by atomic mass is 9.92. The van der Waals surface area contributed by atoms with Crippen LogP contribution in [0.5, 0.6) is 0 Å². The average molecular weight is 234 g/mol. The van der Waals surface area contributed by atoms with Gasteiger partial charge in [-0.1, -0.05) is 0 Å². The standard InChI is InChI=1S/C13H22N4/c1-8(2)17-13(15-7-16-17)6-12(14)11-4-9-3-10(9)5-11/h7-12H,3-6,14H2,1-2H3. The first kappa shape index (κ1) is 11.2. The van der Waals surface area contributed by atoms with E-state index in [1.54, 1.807) is 6.33 Å². The Balaban J connectivity index is 1.63. The number of hydrogen-bond donors (Lipinski definition) is 1. The highest BCUT2D eigenvalue weighted by molar-refractivity contribution is 5.01. The van der Waals surface area contributed by atoms with Gasteiger partial charge in [0.05, 0.1) is 0 Å². The number of aromatic nitrogens is 3. The lowest BCUT2D eigenvalue weighted by Crippen LogP contribution is -2.33. The van der Waals surface area contributed by atoms with Crippen LogP contribution < -0.4 is 5.73 Å². The topological polar surface area (TPSA) is 56.7 Å². The normalized spacial score (nSPS) is 32.8. The minimum absolute atomic E-state index is 0.268. The predicted molar refractivity (Wildman–Crippen MR) is 66.4 cm³/mol. The van der Waals surface area contributed by atoms with Crippen LogP contribution in [0.4, 0.5) is 0 Å². The summed E-state index contributed by atoms with van der Waals surface area (Å²) in [4.78, 5) is 4.35. The molecule has 1 heterocycles. The van der Waals surface area contributed by atoms with Gasteiger partial charge >= 0.3 is 0 Å². The molecule has 3 unspecified atom stereocenters. The molecule has 0 spiro atoms. The van der Waals surface area contributed by atoms with Crippen molar-refractivity contribution in [2.45, 2.75) is 51.6 Å². The molecule has 3 rings (SSSR count). The van der Waals surface area contributed by atoms with Crippen molar-refractivity contribution in [3.8, 4) is 0 Å². The van der Waals surface area contributed by atoms with Gasteiger partial charge in [0.15, 0.2) is 0 Å². The molecular formula is C13H22N4. The van der Waals surface area contributed by atoms with Gasteiger partial charge in [0, 0.05) is 18.5 Å². The number of fused-ring (bicyclic) bond motifs is 1. The van der Waals surface area contributed by atoms with E-state index < -0.39 is 0 Å². The van der Waals surface area contributed by atoms with E-state index in [4.69, 9.17) is 5.73 Å². The highest BCUT2D eigenvalue weighted by Gasteiger charge is 2.47. The molecule has 0 radical (unpaired) electrons. The van der Waals surface area contributed by atoms with Crippen LogP contribution in [0.3, 0.4) is 0 Å². The third-order valence-electron chi connectivity index (χ3n) is 4.44. The minimum Gasteiger partial charge on any atom is -0.327 e. The van der Waals surface area contributed by atoms with E-state index in [2.05, 4.69) is 23.9 Å². The molecule has 2 N–H and O–H groups in total. The van der Waals surface area contributed by atoms with Gasteiger partial charge < -0.3 is 5.73 Å². The van der Waals surface area contributed by atoms with Crippen LogP contribution in [0, 0.1) is 17.8 Å². The van der Waals surface area contributed by atoms with Crippen LogP contribution >= 0.6 is 0 Å². The zero-order valence-electron chi connectivity index (χ0n) is 10.7. The highest BCUT2D eigenvalue weighted by Crippen LogP contribution is 2.55. The van der Waals surface area contributed by atoms with Crippen molar-refractivity contribution in [1.29, 1.82) is 0 Å². The van der Waals surface area contributed by atoms with E-state index in [1.807, 2.05) is 4.68 Å². The summed E-state index contributed by atoms with van der Waals surface area (Å²) >= 11 is 0. The molecule has 0 amide bonds. The molecule has 4 nitrogen and oxygen atoms in total. The van der Waals surface area contributed by atoms with Crippen molar-refractivity contribution in [3.05, 3.63) is 12.2 Å². The van der Waals surface area contributed by atoms with E-state index in [0.29, 0.717) is 6.04 Å². The zero-order valence-corrected chi connectivity index (χ0v) is 10.7. The summed E-state index contributed by atoms with van der Waals surface area (Å²) in [5.41, 5.74) is 6.34. The zero-order chi connectivity index (χ0) is 12.0. The van der Waals surface area contributed by atoms with Crippen LogP contribution in [0.2, 0.25) is 0 Å². The molecular weight excluding hydrogens is 212 g/mol. The molecule has 1 aromatic heterocycles. The third-order valence-corrected chi connectivity index (χ3v) is 4.44. The molecule has 2 saturated carbocycles. The maximum absolute atomic E-state index is 6.34. The highest BCUT2D eigenvalue weighted by atomic mass is 15.3. The molecule has 0 saturated heterocycles. The molecule has 2 fully saturated rings. The van der Waals surface area contributed by atoms with E-state index in [-0.39, 0.29) is 6.04 Å². The molecule has 94 valence electrons. The van der Waals surface area contributed by atoms with E-state index in [9.17, 15) is 0 Å². The van der Waals surface area contributed by atoms with Crippen molar-refractivity contribution < 1.29 is 0 Å². The first-order valence-corrected chi connectivity index (χ1v) is 6.79. The fourth-order valence-electron chi connectivity index (χ4n) is 3.34. The quantitative estimate of drug-likeness (QED) is 0.864. The van der Waals surface area contributed by atoms with Gasteiger partial charge in [-0.15, -0.1) is 0 Å². The fourth-order valence-corrected chi connectivity index (χ4v) is 3.34. The number of hydrogen-bond acceptors (Lipinski definition) is 3. The minimum atomic E-state index is 0.268. The second kappa shape index (κ2) is 4.09. The van der Waals surface area contributed by atoms with Gasteiger partial charge in [-0.3, -0.25) is 0 Å². The van der Waals surface area contributed by atoms with Crippen LogP contribution in [-0.2, 0) is 6.42 Å². The maximum Gasteiger partial charge on any atom is 0.138 e. The van der Waals surface area contributed by atoms with Crippen molar-refractivity contribution in [2.24, 2.45) is 23.5 Å². The molecule has 3 atom stereocenters. The lowest BCUT2D eigenvalue weighted by Gasteiger charge is -2.21. The lowest BCUT2D eigenvalue weighted by molar-refractivity contribution is 0.377. The summed E-state index contributed by atoms with van der Waals surface area (Å²) in [6.07, 6.45) is 6.69.